The van der Waals surface area contributed by atoms with Crippen LogP contribution < -0.4 is 5.19 Å². The van der Waals surface area contributed by atoms with Crippen molar-refractivity contribution in [3.05, 3.63) is 72.8 Å². The second-order valence-electron chi connectivity index (χ2n) is 5.96. The van der Waals surface area contributed by atoms with Gasteiger partial charge in [-0.15, -0.1) is 0 Å². The lowest BCUT2D eigenvalue weighted by Crippen LogP contribution is -2.44. The quantitative estimate of drug-likeness (QED) is 0.679. The van der Waals surface area contributed by atoms with Gasteiger partial charge in [0.05, 0.1) is 8.07 Å². The highest BCUT2D eigenvalue weighted by molar-refractivity contribution is 6.89. The standard InChI is InChI=1S/C18H19NOSi/c1-21(2,16-9-4-3-5-10-16)13-15-8-6-7-11-17(15)18-12-20-14-19-18/h3-12,14H,13H2,1-2H3. The lowest BCUT2D eigenvalue weighted by molar-refractivity contribution is 0.558. The van der Waals surface area contributed by atoms with Crippen molar-refractivity contribution in [2.75, 3.05) is 0 Å². The zero-order chi connectivity index (χ0) is 14.7. The van der Waals surface area contributed by atoms with Gasteiger partial charge in [-0.3, -0.25) is 0 Å². The Morgan fingerprint density at radius 1 is 0.952 bits per heavy atom. The van der Waals surface area contributed by atoms with Crippen LogP contribution in [0.3, 0.4) is 0 Å². The summed E-state index contributed by atoms with van der Waals surface area (Å²) in [4.78, 5) is 4.30. The van der Waals surface area contributed by atoms with E-state index >= 15 is 0 Å². The average Bonchev–Trinajstić information content (AvgIpc) is 3.02. The maximum atomic E-state index is 5.14. The summed E-state index contributed by atoms with van der Waals surface area (Å²) in [6, 6.07) is 20.5. The van der Waals surface area contributed by atoms with Crippen LogP contribution in [-0.2, 0) is 6.04 Å². The number of hydrogen-bond donors (Lipinski definition) is 0. The molecule has 0 spiro atoms. The Balaban J connectivity index is 1.96. The molecule has 0 saturated carbocycles. The molecule has 0 saturated heterocycles. The maximum absolute atomic E-state index is 5.14. The first-order valence-electron chi connectivity index (χ1n) is 7.19. The second-order valence-corrected chi connectivity index (χ2v) is 10.7. The van der Waals surface area contributed by atoms with Gasteiger partial charge >= 0.3 is 0 Å². The lowest BCUT2D eigenvalue weighted by atomic mass is 10.1. The van der Waals surface area contributed by atoms with Crippen LogP contribution in [0.4, 0.5) is 0 Å². The third-order valence-corrected chi connectivity index (χ3v) is 7.07. The fourth-order valence-corrected chi connectivity index (χ4v) is 5.30. The van der Waals surface area contributed by atoms with Gasteiger partial charge in [-0.1, -0.05) is 72.9 Å². The topological polar surface area (TPSA) is 26.0 Å². The zero-order valence-electron chi connectivity index (χ0n) is 12.4. The molecule has 21 heavy (non-hydrogen) atoms. The predicted octanol–water partition coefficient (Wildman–Crippen LogP) is 4.04. The highest BCUT2D eigenvalue weighted by Gasteiger charge is 2.25. The average molecular weight is 293 g/mol. The van der Waals surface area contributed by atoms with Crippen LogP contribution >= 0.6 is 0 Å². The molecule has 0 bridgehead atoms. The van der Waals surface area contributed by atoms with Crippen molar-refractivity contribution in [1.29, 1.82) is 0 Å². The van der Waals surface area contributed by atoms with Crippen molar-refractivity contribution >= 4 is 13.3 Å². The monoisotopic (exact) mass is 293 g/mol. The Labute approximate surface area is 126 Å². The summed E-state index contributed by atoms with van der Waals surface area (Å²) in [5.74, 6) is 0. The molecule has 2 aromatic carbocycles. The first-order chi connectivity index (χ1) is 10.2. The van der Waals surface area contributed by atoms with Crippen LogP contribution in [0.25, 0.3) is 11.3 Å². The van der Waals surface area contributed by atoms with Crippen LogP contribution in [0, 0.1) is 0 Å². The molecule has 0 atom stereocenters. The highest BCUT2D eigenvalue weighted by Crippen LogP contribution is 2.25. The molecule has 3 rings (SSSR count). The number of nitrogens with zero attached hydrogens (tertiary/aromatic N) is 1. The summed E-state index contributed by atoms with van der Waals surface area (Å²) in [7, 11) is -1.52. The van der Waals surface area contributed by atoms with Crippen molar-refractivity contribution in [2.24, 2.45) is 0 Å². The van der Waals surface area contributed by atoms with Crippen LogP contribution in [0.15, 0.2) is 71.7 Å². The van der Waals surface area contributed by atoms with Gasteiger partial charge in [-0.05, 0) is 11.6 Å². The van der Waals surface area contributed by atoms with Gasteiger partial charge in [0.2, 0.25) is 0 Å². The van der Waals surface area contributed by atoms with E-state index in [-0.39, 0.29) is 0 Å². The molecule has 0 unspecified atom stereocenters. The maximum Gasteiger partial charge on any atom is 0.181 e. The summed E-state index contributed by atoms with van der Waals surface area (Å²) in [6.45, 7) is 4.84. The van der Waals surface area contributed by atoms with Crippen molar-refractivity contribution in [3.8, 4) is 11.3 Å². The minimum Gasteiger partial charge on any atom is -0.451 e. The smallest absolute Gasteiger partial charge is 0.181 e. The Bertz CT molecular complexity index is 705. The molecule has 0 amide bonds. The fourth-order valence-electron chi connectivity index (χ4n) is 2.74. The molecule has 0 aliphatic rings. The number of benzene rings is 2. The van der Waals surface area contributed by atoms with Gasteiger partial charge in [0.1, 0.15) is 12.0 Å². The van der Waals surface area contributed by atoms with Gasteiger partial charge in [0, 0.05) is 5.56 Å². The highest BCUT2D eigenvalue weighted by atomic mass is 28.3. The van der Waals surface area contributed by atoms with Crippen molar-refractivity contribution in [2.45, 2.75) is 19.1 Å². The normalized spacial score (nSPS) is 11.5. The van der Waals surface area contributed by atoms with Gasteiger partial charge in [0.25, 0.3) is 0 Å². The molecule has 0 aliphatic heterocycles. The molecule has 106 valence electrons. The summed E-state index contributed by atoms with van der Waals surface area (Å²) in [5, 5.41) is 1.49. The molecule has 1 heterocycles. The Kier molecular flexibility index (Phi) is 3.75. The van der Waals surface area contributed by atoms with Crippen LogP contribution in [0.5, 0.6) is 0 Å². The molecule has 2 nitrogen and oxygen atoms in total. The Hall–Kier alpha value is -2.13. The molecular formula is C18H19NOSi. The predicted molar refractivity (Wildman–Crippen MR) is 89.2 cm³/mol. The van der Waals surface area contributed by atoms with Crippen LogP contribution in [0.1, 0.15) is 5.56 Å². The first-order valence-corrected chi connectivity index (χ1v) is 10.4. The van der Waals surface area contributed by atoms with E-state index in [1.54, 1.807) is 6.26 Å². The van der Waals surface area contributed by atoms with Gasteiger partial charge in [-0.25, -0.2) is 4.98 Å². The summed E-state index contributed by atoms with van der Waals surface area (Å²) in [5.41, 5.74) is 3.46. The SMILES string of the molecule is C[Si](C)(Cc1ccccc1-c1cocn1)c1ccccc1. The van der Waals surface area contributed by atoms with Crippen LogP contribution in [-0.4, -0.2) is 13.1 Å². The number of oxazole rings is 1. The Morgan fingerprint density at radius 2 is 1.67 bits per heavy atom. The molecule has 0 radical (unpaired) electrons. The number of hydrogen-bond acceptors (Lipinski definition) is 2. The lowest BCUT2D eigenvalue weighted by Gasteiger charge is -2.24. The largest absolute Gasteiger partial charge is 0.451 e. The number of aromatic nitrogens is 1. The number of rotatable bonds is 4. The third-order valence-electron chi connectivity index (χ3n) is 3.91. The van der Waals surface area contributed by atoms with E-state index in [4.69, 9.17) is 4.42 Å². The zero-order valence-corrected chi connectivity index (χ0v) is 13.4. The second kappa shape index (κ2) is 5.70. The molecule has 0 fully saturated rings. The molecule has 1 aromatic heterocycles. The van der Waals surface area contributed by atoms with Gasteiger partial charge in [0.15, 0.2) is 6.39 Å². The van der Waals surface area contributed by atoms with E-state index in [2.05, 4.69) is 72.7 Å². The minimum absolute atomic E-state index is 0.920. The molecule has 0 N–H and O–H groups in total. The minimum atomic E-state index is -1.52. The molecule has 3 aromatic rings. The van der Waals surface area contributed by atoms with E-state index in [0.29, 0.717) is 0 Å². The Morgan fingerprint density at radius 3 is 2.38 bits per heavy atom. The first kappa shape index (κ1) is 13.8. The molecular weight excluding hydrogens is 274 g/mol. The van der Waals surface area contributed by atoms with E-state index in [1.807, 2.05) is 0 Å². The van der Waals surface area contributed by atoms with E-state index in [0.717, 1.165) is 11.7 Å². The van der Waals surface area contributed by atoms with Gasteiger partial charge < -0.3 is 4.42 Å². The van der Waals surface area contributed by atoms with E-state index in [9.17, 15) is 0 Å². The van der Waals surface area contributed by atoms with Crippen molar-refractivity contribution in [3.63, 3.8) is 0 Å². The molecule has 3 heteroatoms. The summed E-state index contributed by atoms with van der Waals surface area (Å²) in [6.07, 6.45) is 3.21. The van der Waals surface area contributed by atoms with E-state index in [1.165, 1.54) is 22.7 Å². The third kappa shape index (κ3) is 2.98. The summed E-state index contributed by atoms with van der Waals surface area (Å²) < 4.78 is 5.14. The fraction of sp³-hybridized carbons (Fsp3) is 0.167. The summed E-state index contributed by atoms with van der Waals surface area (Å²) >= 11 is 0. The van der Waals surface area contributed by atoms with Crippen molar-refractivity contribution in [1.82, 2.24) is 4.98 Å². The van der Waals surface area contributed by atoms with E-state index < -0.39 is 8.07 Å². The molecule has 0 aliphatic carbocycles. The van der Waals surface area contributed by atoms with Crippen molar-refractivity contribution < 1.29 is 4.42 Å². The van der Waals surface area contributed by atoms with Gasteiger partial charge in [-0.2, -0.15) is 0 Å². The van der Waals surface area contributed by atoms with Crippen LogP contribution in [0.2, 0.25) is 13.1 Å².